The molecule has 2 aromatic rings. The molecule has 2 rings (SSSR count). The molecular weight excluding hydrogens is 372 g/mol. The third-order valence-corrected chi connectivity index (χ3v) is 4.49. The summed E-state index contributed by atoms with van der Waals surface area (Å²) in [5.74, 6) is -0.633. The van der Waals surface area contributed by atoms with Crippen LogP contribution in [0.2, 0.25) is 0 Å². The van der Waals surface area contributed by atoms with Gasteiger partial charge in [-0.1, -0.05) is 17.8 Å². The SMILES string of the molecule is C=CCn1c(SCC(=O)O)nnc1[C@H](CO)NC(=O)c1ccc(OC)cc1. The third-order valence-electron chi connectivity index (χ3n) is 3.53. The van der Waals surface area contributed by atoms with Crippen LogP contribution < -0.4 is 10.1 Å². The predicted octanol–water partition coefficient (Wildman–Crippen LogP) is 1.11. The summed E-state index contributed by atoms with van der Waals surface area (Å²) in [7, 11) is 1.53. The van der Waals surface area contributed by atoms with Crippen LogP contribution in [-0.2, 0) is 11.3 Å². The highest BCUT2D eigenvalue weighted by molar-refractivity contribution is 7.99. The summed E-state index contributed by atoms with van der Waals surface area (Å²) in [4.78, 5) is 23.2. The Bertz CT molecular complexity index is 806. The molecule has 0 aliphatic heterocycles. The molecule has 27 heavy (non-hydrogen) atoms. The minimum atomic E-state index is -0.985. The van der Waals surface area contributed by atoms with Crippen LogP contribution in [0, 0.1) is 0 Å². The Morgan fingerprint density at radius 2 is 2.07 bits per heavy atom. The lowest BCUT2D eigenvalue weighted by Gasteiger charge is -2.17. The van der Waals surface area contributed by atoms with Crippen LogP contribution in [0.25, 0.3) is 0 Å². The lowest BCUT2D eigenvalue weighted by atomic mass is 10.2. The Kier molecular flexibility index (Phi) is 7.38. The second kappa shape index (κ2) is 9.74. The number of ether oxygens (including phenoxy) is 1. The fraction of sp³-hybridized carbons (Fsp3) is 0.294. The molecule has 0 aliphatic carbocycles. The Morgan fingerprint density at radius 1 is 1.37 bits per heavy atom. The number of carbonyl (C=O) groups excluding carboxylic acids is 1. The summed E-state index contributed by atoms with van der Waals surface area (Å²) in [6.07, 6.45) is 1.59. The third kappa shape index (κ3) is 5.31. The van der Waals surface area contributed by atoms with E-state index < -0.39 is 24.5 Å². The van der Waals surface area contributed by atoms with E-state index in [9.17, 15) is 14.7 Å². The van der Waals surface area contributed by atoms with Crippen LogP contribution in [0.1, 0.15) is 22.2 Å². The lowest BCUT2D eigenvalue weighted by molar-refractivity contribution is -0.133. The number of aliphatic carboxylic acids is 1. The van der Waals surface area contributed by atoms with Crippen molar-refractivity contribution in [1.29, 1.82) is 0 Å². The number of nitrogens with zero attached hydrogens (tertiary/aromatic N) is 3. The van der Waals surface area contributed by atoms with E-state index in [2.05, 4.69) is 22.1 Å². The number of methoxy groups -OCH3 is 1. The number of nitrogens with one attached hydrogen (secondary N) is 1. The Morgan fingerprint density at radius 3 is 2.63 bits per heavy atom. The molecule has 1 heterocycles. The van der Waals surface area contributed by atoms with Crippen LogP contribution in [-0.4, -0.2) is 56.3 Å². The predicted molar refractivity (Wildman–Crippen MR) is 98.9 cm³/mol. The molecule has 0 radical (unpaired) electrons. The first-order valence-corrected chi connectivity index (χ1v) is 8.93. The topological polar surface area (TPSA) is 127 Å². The van der Waals surface area contributed by atoms with E-state index in [-0.39, 0.29) is 5.75 Å². The van der Waals surface area contributed by atoms with Crippen LogP contribution in [0.15, 0.2) is 42.1 Å². The summed E-state index contributed by atoms with van der Waals surface area (Å²) in [6, 6.07) is 5.70. The zero-order valence-corrected chi connectivity index (χ0v) is 15.5. The second-order valence-corrected chi connectivity index (χ2v) is 6.30. The Labute approximate surface area is 160 Å². The maximum absolute atomic E-state index is 12.5. The smallest absolute Gasteiger partial charge is 0.313 e. The van der Waals surface area contributed by atoms with E-state index in [1.165, 1.54) is 7.11 Å². The van der Waals surface area contributed by atoms with Crippen LogP contribution in [0.3, 0.4) is 0 Å². The molecule has 0 spiro atoms. The molecule has 1 atom stereocenters. The van der Waals surface area contributed by atoms with Gasteiger partial charge in [0.1, 0.15) is 11.8 Å². The van der Waals surface area contributed by atoms with Crippen molar-refractivity contribution in [2.45, 2.75) is 17.7 Å². The molecule has 0 unspecified atom stereocenters. The van der Waals surface area contributed by atoms with Crippen molar-refractivity contribution in [2.75, 3.05) is 19.5 Å². The largest absolute Gasteiger partial charge is 0.497 e. The van der Waals surface area contributed by atoms with E-state index in [1.54, 1.807) is 34.9 Å². The first-order chi connectivity index (χ1) is 13.0. The number of aliphatic hydroxyl groups excluding tert-OH is 1. The molecule has 144 valence electrons. The van der Waals surface area contributed by atoms with Crippen molar-refractivity contribution in [2.24, 2.45) is 0 Å². The van der Waals surface area contributed by atoms with E-state index in [4.69, 9.17) is 9.84 Å². The number of aromatic nitrogens is 3. The maximum atomic E-state index is 12.5. The maximum Gasteiger partial charge on any atom is 0.313 e. The van der Waals surface area contributed by atoms with E-state index in [0.29, 0.717) is 28.8 Å². The summed E-state index contributed by atoms with van der Waals surface area (Å²) in [6.45, 7) is 3.56. The van der Waals surface area contributed by atoms with Gasteiger partial charge in [0, 0.05) is 12.1 Å². The molecule has 3 N–H and O–H groups in total. The van der Waals surface area contributed by atoms with Gasteiger partial charge in [-0.05, 0) is 24.3 Å². The molecule has 1 amide bonds. The molecule has 0 aliphatic rings. The number of rotatable bonds is 10. The number of hydrogen-bond donors (Lipinski definition) is 3. The van der Waals surface area contributed by atoms with Gasteiger partial charge in [-0.25, -0.2) is 0 Å². The first kappa shape index (κ1) is 20.5. The van der Waals surface area contributed by atoms with Crippen LogP contribution in [0.5, 0.6) is 5.75 Å². The first-order valence-electron chi connectivity index (χ1n) is 7.94. The Balaban J connectivity index is 2.20. The molecule has 1 aromatic carbocycles. The molecule has 9 nitrogen and oxygen atoms in total. The van der Waals surface area contributed by atoms with Crippen molar-refractivity contribution in [3.63, 3.8) is 0 Å². The normalized spacial score (nSPS) is 11.6. The number of amides is 1. The summed E-state index contributed by atoms with van der Waals surface area (Å²) >= 11 is 0.997. The van der Waals surface area contributed by atoms with Gasteiger partial charge in [0.05, 0.1) is 19.5 Å². The molecule has 0 fully saturated rings. The number of carboxylic acid groups (broad SMARTS) is 1. The van der Waals surface area contributed by atoms with Crippen molar-refractivity contribution in [3.05, 3.63) is 48.3 Å². The zero-order valence-electron chi connectivity index (χ0n) is 14.7. The number of hydrogen-bond acceptors (Lipinski definition) is 7. The molecule has 10 heteroatoms. The number of benzene rings is 1. The van der Waals surface area contributed by atoms with Crippen molar-refractivity contribution in [1.82, 2.24) is 20.1 Å². The highest BCUT2D eigenvalue weighted by atomic mass is 32.2. The van der Waals surface area contributed by atoms with Gasteiger partial charge >= 0.3 is 5.97 Å². The molecular formula is C17H20N4O5S. The van der Waals surface area contributed by atoms with E-state index in [1.807, 2.05) is 0 Å². The average Bonchev–Trinajstić information content (AvgIpc) is 3.07. The van der Waals surface area contributed by atoms with E-state index >= 15 is 0 Å². The molecule has 1 aromatic heterocycles. The van der Waals surface area contributed by atoms with Gasteiger partial charge < -0.3 is 24.8 Å². The standard InChI is InChI=1S/C17H20N4O5S/c1-3-8-21-15(19-20-17(21)27-10-14(23)24)13(9-22)18-16(25)11-4-6-12(26-2)7-5-11/h3-7,13,22H,1,8-10H2,2H3,(H,18,25)(H,23,24)/t13-/m0/s1. The second-order valence-electron chi connectivity index (χ2n) is 5.36. The highest BCUT2D eigenvalue weighted by Crippen LogP contribution is 2.21. The zero-order chi connectivity index (χ0) is 19.8. The monoisotopic (exact) mass is 392 g/mol. The van der Waals surface area contributed by atoms with Gasteiger partial charge in [-0.2, -0.15) is 0 Å². The van der Waals surface area contributed by atoms with Crippen LogP contribution in [0.4, 0.5) is 0 Å². The Hall–Kier alpha value is -2.85. The van der Waals surface area contributed by atoms with Crippen molar-refractivity contribution >= 4 is 23.6 Å². The average molecular weight is 392 g/mol. The number of carbonyl (C=O) groups is 2. The number of allylic oxidation sites excluding steroid dienone is 1. The summed E-state index contributed by atoms with van der Waals surface area (Å²) < 4.78 is 6.67. The molecule has 0 bridgehead atoms. The fourth-order valence-corrected chi connectivity index (χ4v) is 2.94. The molecule has 0 saturated carbocycles. The minimum Gasteiger partial charge on any atom is -0.497 e. The highest BCUT2D eigenvalue weighted by Gasteiger charge is 2.23. The number of carboxylic acids is 1. The van der Waals surface area contributed by atoms with Crippen LogP contribution >= 0.6 is 11.8 Å². The summed E-state index contributed by atoms with van der Waals surface area (Å²) in [5.41, 5.74) is 0.393. The number of thioether (sulfide) groups is 1. The fourth-order valence-electron chi connectivity index (χ4n) is 2.27. The van der Waals surface area contributed by atoms with Gasteiger partial charge in [0.15, 0.2) is 11.0 Å². The lowest BCUT2D eigenvalue weighted by Crippen LogP contribution is -2.33. The van der Waals surface area contributed by atoms with E-state index in [0.717, 1.165) is 11.8 Å². The van der Waals surface area contributed by atoms with Gasteiger partial charge in [-0.3, -0.25) is 9.59 Å². The summed E-state index contributed by atoms with van der Waals surface area (Å²) in [5, 5.41) is 29.6. The van der Waals surface area contributed by atoms with Crippen molar-refractivity contribution < 1.29 is 24.5 Å². The van der Waals surface area contributed by atoms with Crippen molar-refractivity contribution in [3.8, 4) is 5.75 Å². The minimum absolute atomic E-state index is 0.183. The van der Waals surface area contributed by atoms with Gasteiger partial charge in [0.2, 0.25) is 0 Å². The van der Waals surface area contributed by atoms with Gasteiger partial charge in [-0.15, -0.1) is 16.8 Å². The number of aliphatic hydroxyl groups is 1. The van der Waals surface area contributed by atoms with Gasteiger partial charge in [0.25, 0.3) is 5.91 Å². The molecule has 0 saturated heterocycles. The quantitative estimate of drug-likeness (QED) is 0.405.